The molecule has 3 heteroatoms. The van der Waals surface area contributed by atoms with E-state index in [-0.39, 0.29) is 5.78 Å². The summed E-state index contributed by atoms with van der Waals surface area (Å²) in [5.74, 6) is 0.178. The first-order valence-electron chi connectivity index (χ1n) is 6.73. The molecule has 0 saturated heterocycles. The molecular formula is C17H16N2O. The lowest BCUT2D eigenvalue weighted by molar-refractivity contribution is 0.0982. The molecule has 1 heterocycles. The molecule has 1 aromatic heterocycles. The summed E-state index contributed by atoms with van der Waals surface area (Å²) in [4.78, 5) is 12.3. The van der Waals surface area contributed by atoms with Crippen LogP contribution in [0.4, 0.5) is 0 Å². The lowest BCUT2D eigenvalue weighted by Crippen LogP contribution is -2.04. The molecule has 0 aliphatic rings. The van der Waals surface area contributed by atoms with Gasteiger partial charge in [-0.15, -0.1) is 0 Å². The minimum Gasteiger partial charge on any atom is -0.294 e. The first-order chi connectivity index (χ1) is 9.74. The van der Waals surface area contributed by atoms with Crippen molar-refractivity contribution in [1.29, 1.82) is 0 Å². The average Bonchev–Trinajstić information content (AvgIpc) is 2.89. The average molecular weight is 264 g/mol. The second kappa shape index (κ2) is 5.29. The molecule has 0 unspecified atom stereocenters. The summed E-state index contributed by atoms with van der Waals surface area (Å²) in [6, 6.07) is 15.9. The molecule has 0 saturated carbocycles. The molecule has 3 nitrogen and oxygen atoms in total. The highest BCUT2D eigenvalue weighted by atomic mass is 16.1. The number of hydrogen-bond donors (Lipinski definition) is 0. The quantitative estimate of drug-likeness (QED) is 0.677. The predicted octanol–water partition coefficient (Wildman–Crippen LogP) is 3.39. The first-order valence-corrected chi connectivity index (χ1v) is 6.73. The van der Waals surface area contributed by atoms with Crippen LogP contribution in [0.25, 0.3) is 10.8 Å². The minimum absolute atomic E-state index is 0.178. The number of Topliss-reactive ketones (excluding diaryl/α,β-unsaturated/α-hetero) is 1. The van der Waals surface area contributed by atoms with Crippen LogP contribution in [-0.2, 0) is 13.5 Å². The van der Waals surface area contributed by atoms with Gasteiger partial charge in [-0.2, -0.15) is 5.10 Å². The van der Waals surface area contributed by atoms with Crippen LogP contribution in [0, 0.1) is 0 Å². The van der Waals surface area contributed by atoms with Gasteiger partial charge in [-0.25, -0.2) is 0 Å². The summed E-state index contributed by atoms with van der Waals surface area (Å²) in [6.45, 7) is 0. The fraction of sp³-hybridized carbons (Fsp3) is 0.176. The van der Waals surface area contributed by atoms with Gasteiger partial charge in [0, 0.05) is 30.9 Å². The monoisotopic (exact) mass is 264 g/mol. The smallest absolute Gasteiger partial charge is 0.163 e. The molecule has 20 heavy (non-hydrogen) atoms. The minimum atomic E-state index is 0.178. The number of aryl methyl sites for hydroxylation is 2. The molecule has 0 aliphatic carbocycles. The van der Waals surface area contributed by atoms with E-state index in [4.69, 9.17) is 0 Å². The number of rotatable bonds is 4. The van der Waals surface area contributed by atoms with Crippen molar-refractivity contribution in [3.05, 3.63) is 66.0 Å². The van der Waals surface area contributed by atoms with E-state index < -0.39 is 0 Å². The van der Waals surface area contributed by atoms with Gasteiger partial charge in [0.15, 0.2) is 5.78 Å². The van der Waals surface area contributed by atoms with Gasteiger partial charge in [0.2, 0.25) is 0 Å². The molecule has 100 valence electrons. The standard InChI is InChI=1S/C17H16N2O/c1-19-16(10-11-18-19)8-9-17(20)15-7-6-13-4-2-3-5-14(13)12-15/h2-7,10-12H,8-9H2,1H3. The molecule has 0 fully saturated rings. The molecule has 0 bridgehead atoms. The maximum atomic E-state index is 12.3. The third kappa shape index (κ3) is 2.48. The van der Waals surface area contributed by atoms with Crippen LogP contribution in [0.15, 0.2) is 54.7 Å². The number of nitrogens with zero attached hydrogens (tertiary/aromatic N) is 2. The third-order valence-electron chi connectivity index (χ3n) is 3.60. The van der Waals surface area contributed by atoms with Gasteiger partial charge >= 0.3 is 0 Å². The largest absolute Gasteiger partial charge is 0.294 e. The Morgan fingerprint density at radius 1 is 1.10 bits per heavy atom. The summed E-state index contributed by atoms with van der Waals surface area (Å²) in [7, 11) is 1.90. The molecule has 0 atom stereocenters. The highest BCUT2D eigenvalue weighted by Crippen LogP contribution is 2.17. The fourth-order valence-corrected chi connectivity index (χ4v) is 2.40. The zero-order chi connectivity index (χ0) is 13.9. The Labute approximate surface area is 117 Å². The Morgan fingerprint density at radius 2 is 1.90 bits per heavy atom. The van der Waals surface area contributed by atoms with E-state index in [2.05, 4.69) is 11.2 Å². The van der Waals surface area contributed by atoms with Gasteiger partial charge in [0.05, 0.1) is 0 Å². The van der Waals surface area contributed by atoms with Crippen molar-refractivity contribution < 1.29 is 4.79 Å². The van der Waals surface area contributed by atoms with E-state index in [1.54, 1.807) is 6.20 Å². The third-order valence-corrected chi connectivity index (χ3v) is 3.60. The van der Waals surface area contributed by atoms with Crippen LogP contribution in [0.1, 0.15) is 22.5 Å². The van der Waals surface area contributed by atoms with E-state index in [1.165, 1.54) is 0 Å². The second-order valence-corrected chi connectivity index (χ2v) is 4.93. The number of carbonyl (C=O) groups excluding carboxylic acids is 1. The summed E-state index contributed by atoms with van der Waals surface area (Å²) < 4.78 is 1.81. The molecule has 3 rings (SSSR count). The number of hydrogen-bond acceptors (Lipinski definition) is 2. The SMILES string of the molecule is Cn1nccc1CCC(=O)c1ccc2ccccc2c1. The van der Waals surface area contributed by atoms with Gasteiger partial charge in [0.1, 0.15) is 0 Å². The zero-order valence-corrected chi connectivity index (χ0v) is 11.4. The van der Waals surface area contributed by atoms with Crippen molar-refractivity contribution in [2.75, 3.05) is 0 Å². The van der Waals surface area contributed by atoms with Crippen molar-refractivity contribution in [2.45, 2.75) is 12.8 Å². The van der Waals surface area contributed by atoms with E-state index in [0.717, 1.165) is 28.5 Å². The predicted molar refractivity (Wildman–Crippen MR) is 79.8 cm³/mol. The molecule has 0 aliphatic heterocycles. The Morgan fingerprint density at radius 3 is 2.65 bits per heavy atom. The highest BCUT2D eigenvalue weighted by molar-refractivity contribution is 6.00. The van der Waals surface area contributed by atoms with E-state index in [9.17, 15) is 4.79 Å². The molecule has 0 spiro atoms. The van der Waals surface area contributed by atoms with E-state index >= 15 is 0 Å². The summed E-state index contributed by atoms with van der Waals surface area (Å²) in [5.41, 5.74) is 1.87. The Hall–Kier alpha value is -2.42. The number of carbonyl (C=O) groups is 1. The van der Waals surface area contributed by atoms with Gasteiger partial charge < -0.3 is 0 Å². The lowest BCUT2D eigenvalue weighted by atomic mass is 10.0. The van der Waals surface area contributed by atoms with E-state index in [0.29, 0.717) is 6.42 Å². The zero-order valence-electron chi connectivity index (χ0n) is 11.4. The van der Waals surface area contributed by atoms with Gasteiger partial charge in [-0.1, -0.05) is 36.4 Å². The molecular weight excluding hydrogens is 248 g/mol. The van der Waals surface area contributed by atoms with Crippen LogP contribution >= 0.6 is 0 Å². The van der Waals surface area contributed by atoms with Crippen LogP contribution in [-0.4, -0.2) is 15.6 Å². The van der Waals surface area contributed by atoms with Crippen LogP contribution in [0.3, 0.4) is 0 Å². The first kappa shape index (κ1) is 12.6. The number of fused-ring (bicyclic) bond motifs is 1. The van der Waals surface area contributed by atoms with Crippen molar-refractivity contribution in [2.24, 2.45) is 7.05 Å². The maximum Gasteiger partial charge on any atom is 0.163 e. The molecule has 2 aromatic carbocycles. The molecule has 0 N–H and O–H groups in total. The fourth-order valence-electron chi connectivity index (χ4n) is 2.40. The Bertz CT molecular complexity index is 758. The maximum absolute atomic E-state index is 12.3. The Balaban J connectivity index is 1.77. The highest BCUT2D eigenvalue weighted by Gasteiger charge is 2.08. The van der Waals surface area contributed by atoms with Crippen LogP contribution < -0.4 is 0 Å². The normalized spacial score (nSPS) is 10.8. The van der Waals surface area contributed by atoms with Crippen molar-refractivity contribution in [1.82, 2.24) is 9.78 Å². The molecule has 0 amide bonds. The van der Waals surface area contributed by atoms with Crippen LogP contribution in [0.2, 0.25) is 0 Å². The summed E-state index contributed by atoms with van der Waals surface area (Å²) in [6.07, 6.45) is 3.00. The number of aromatic nitrogens is 2. The topological polar surface area (TPSA) is 34.9 Å². The van der Waals surface area contributed by atoms with Crippen molar-refractivity contribution in [3.8, 4) is 0 Å². The number of ketones is 1. The number of benzene rings is 2. The molecule has 0 radical (unpaired) electrons. The summed E-state index contributed by atoms with van der Waals surface area (Å²) >= 11 is 0. The van der Waals surface area contributed by atoms with Crippen LogP contribution in [0.5, 0.6) is 0 Å². The Kier molecular flexibility index (Phi) is 3.33. The van der Waals surface area contributed by atoms with Gasteiger partial charge in [-0.3, -0.25) is 9.48 Å². The van der Waals surface area contributed by atoms with Crippen molar-refractivity contribution >= 4 is 16.6 Å². The molecule has 3 aromatic rings. The van der Waals surface area contributed by atoms with E-state index in [1.807, 2.05) is 54.2 Å². The van der Waals surface area contributed by atoms with Crippen molar-refractivity contribution in [3.63, 3.8) is 0 Å². The second-order valence-electron chi connectivity index (χ2n) is 4.93. The lowest BCUT2D eigenvalue weighted by Gasteiger charge is -2.04. The van der Waals surface area contributed by atoms with Gasteiger partial charge in [-0.05, 0) is 29.3 Å². The summed E-state index contributed by atoms with van der Waals surface area (Å²) in [5, 5.41) is 6.39. The van der Waals surface area contributed by atoms with Gasteiger partial charge in [0.25, 0.3) is 0 Å².